The third-order valence-electron chi connectivity index (χ3n) is 5.28. The second kappa shape index (κ2) is 5.52. The maximum atomic E-state index is 13.2. The fourth-order valence-electron chi connectivity index (χ4n) is 3.97. The van der Waals surface area contributed by atoms with E-state index in [1.807, 2.05) is 12.1 Å². The fraction of sp³-hybridized carbons (Fsp3) is 0.333. The minimum atomic E-state index is -0.173. The standard InChI is InChI=1S/C21H22FN/c1-13(2)15-8-11-20-19(12-15)17-4-3-5-18(17)21(23-20)14-6-9-16(22)10-7-14/h3-4,6-13,17-18,21,23H,5H2,1-2H3/t17-,18+,21-/m1/s1. The normalized spacial score (nSPS) is 25.1. The summed E-state index contributed by atoms with van der Waals surface area (Å²) in [7, 11) is 0. The van der Waals surface area contributed by atoms with E-state index in [0.29, 0.717) is 17.8 Å². The topological polar surface area (TPSA) is 12.0 Å². The molecule has 0 aromatic heterocycles. The van der Waals surface area contributed by atoms with E-state index >= 15 is 0 Å². The lowest BCUT2D eigenvalue weighted by Gasteiger charge is -2.38. The van der Waals surface area contributed by atoms with Gasteiger partial charge < -0.3 is 5.32 Å². The van der Waals surface area contributed by atoms with Gasteiger partial charge >= 0.3 is 0 Å². The highest BCUT2D eigenvalue weighted by Crippen LogP contribution is 2.50. The second-order valence-electron chi connectivity index (χ2n) is 7.03. The maximum Gasteiger partial charge on any atom is 0.123 e. The van der Waals surface area contributed by atoms with Gasteiger partial charge in [0.15, 0.2) is 0 Å². The van der Waals surface area contributed by atoms with E-state index in [1.54, 1.807) is 12.1 Å². The molecular weight excluding hydrogens is 285 g/mol. The van der Waals surface area contributed by atoms with Gasteiger partial charge in [0.1, 0.15) is 5.82 Å². The molecule has 2 heteroatoms. The van der Waals surface area contributed by atoms with E-state index in [-0.39, 0.29) is 11.9 Å². The molecule has 0 saturated heterocycles. The van der Waals surface area contributed by atoms with Crippen LogP contribution >= 0.6 is 0 Å². The number of hydrogen-bond acceptors (Lipinski definition) is 1. The van der Waals surface area contributed by atoms with Crippen LogP contribution in [0, 0.1) is 11.7 Å². The van der Waals surface area contributed by atoms with Crippen molar-refractivity contribution in [2.75, 3.05) is 5.32 Å². The Morgan fingerprint density at radius 1 is 1.09 bits per heavy atom. The first kappa shape index (κ1) is 14.5. The number of anilines is 1. The van der Waals surface area contributed by atoms with Crippen molar-refractivity contribution >= 4 is 5.69 Å². The SMILES string of the molecule is CC(C)c1ccc2c(c1)[C@@H]1C=CC[C@@H]1[C@@H](c1ccc(F)cc1)N2. The lowest BCUT2D eigenvalue weighted by atomic mass is 9.76. The zero-order valence-corrected chi connectivity index (χ0v) is 13.6. The van der Waals surface area contributed by atoms with Crippen molar-refractivity contribution in [1.29, 1.82) is 0 Å². The Morgan fingerprint density at radius 3 is 2.61 bits per heavy atom. The minimum absolute atomic E-state index is 0.173. The molecule has 2 aromatic rings. The van der Waals surface area contributed by atoms with Gasteiger partial charge in [-0.05, 0) is 53.1 Å². The Morgan fingerprint density at radius 2 is 1.87 bits per heavy atom. The zero-order valence-electron chi connectivity index (χ0n) is 13.6. The average molecular weight is 307 g/mol. The molecular formula is C21H22FN. The summed E-state index contributed by atoms with van der Waals surface area (Å²) in [6.45, 7) is 4.47. The Balaban J connectivity index is 1.75. The molecule has 1 nitrogen and oxygen atoms in total. The van der Waals surface area contributed by atoms with E-state index in [0.717, 1.165) is 6.42 Å². The van der Waals surface area contributed by atoms with E-state index in [1.165, 1.54) is 22.4 Å². The molecule has 0 saturated carbocycles. The number of hydrogen-bond donors (Lipinski definition) is 1. The van der Waals surface area contributed by atoms with E-state index < -0.39 is 0 Å². The van der Waals surface area contributed by atoms with Crippen LogP contribution in [0.2, 0.25) is 0 Å². The average Bonchev–Trinajstić information content (AvgIpc) is 3.04. The monoisotopic (exact) mass is 307 g/mol. The van der Waals surface area contributed by atoms with Crippen molar-refractivity contribution in [2.24, 2.45) is 5.92 Å². The first-order valence-corrected chi connectivity index (χ1v) is 8.46. The quantitative estimate of drug-likeness (QED) is 0.694. The van der Waals surface area contributed by atoms with Crippen molar-refractivity contribution < 1.29 is 4.39 Å². The highest BCUT2D eigenvalue weighted by molar-refractivity contribution is 5.61. The van der Waals surface area contributed by atoms with Crippen LogP contribution in [-0.4, -0.2) is 0 Å². The molecule has 0 amide bonds. The lowest BCUT2D eigenvalue weighted by molar-refractivity contribution is 0.425. The maximum absolute atomic E-state index is 13.2. The van der Waals surface area contributed by atoms with Gasteiger partial charge in [-0.3, -0.25) is 0 Å². The molecule has 1 aliphatic carbocycles. The fourth-order valence-corrected chi connectivity index (χ4v) is 3.97. The highest BCUT2D eigenvalue weighted by atomic mass is 19.1. The summed E-state index contributed by atoms with van der Waals surface area (Å²) in [5.74, 6) is 1.34. The largest absolute Gasteiger partial charge is 0.378 e. The van der Waals surface area contributed by atoms with Gasteiger partial charge in [-0.25, -0.2) is 4.39 Å². The van der Waals surface area contributed by atoms with Crippen LogP contribution in [0.15, 0.2) is 54.6 Å². The number of halogens is 1. The van der Waals surface area contributed by atoms with E-state index in [2.05, 4.69) is 49.5 Å². The molecule has 0 fully saturated rings. The van der Waals surface area contributed by atoms with Crippen molar-refractivity contribution in [3.63, 3.8) is 0 Å². The number of benzene rings is 2. The molecule has 0 unspecified atom stereocenters. The van der Waals surface area contributed by atoms with E-state index in [9.17, 15) is 4.39 Å². The van der Waals surface area contributed by atoms with Crippen LogP contribution in [0.4, 0.5) is 10.1 Å². The molecule has 1 aliphatic heterocycles. The molecule has 1 N–H and O–H groups in total. The van der Waals surface area contributed by atoms with Crippen molar-refractivity contribution in [3.8, 4) is 0 Å². The smallest absolute Gasteiger partial charge is 0.123 e. The number of rotatable bonds is 2. The summed E-state index contributed by atoms with van der Waals surface area (Å²) >= 11 is 0. The molecule has 23 heavy (non-hydrogen) atoms. The summed E-state index contributed by atoms with van der Waals surface area (Å²) in [5, 5.41) is 3.71. The van der Waals surface area contributed by atoms with Crippen molar-refractivity contribution in [3.05, 3.63) is 77.1 Å². The second-order valence-corrected chi connectivity index (χ2v) is 7.03. The van der Waals surface area contributed by atoms with Crippen molar-refractivity contribution in [1.82, 2.24) is 0 Å². The molecule has 1 heterocycles. The molecule has 0 radical (unpaired) electrons. The first-order valence-electron chi connectivity index (χ1n) is 8.46. The van der Waals surface area contributed by atoms with Gasteiger partial charge in [0.25, 0.3) is 0 Å². The summed E-state index contributed by atoms with van der Waals surface area (Å²) in [5.41, 5.74) is 5.19. The Bertz CT molecular complexity index is 745. The van der Waals surface area contributed by atoms with Crippen LogP contribution < -0.4 is 5.32 Å². The molecule has 4 rings (SSSR count). The molecule has 2 aromatic carbocycles. The van der Waals surface area contributed by atoms with Gasteiger partial charge in [-0.1, -0.05) is 50.3 Å². The van der Waals surface area contributed by atoms with Crippen LogP contribution in [-0.2, 0) is 0 Å². The highest BCUT2D eigenvalue weighted by Gasteiger charge is 2.37. The van der Waals surface area contributed by atoms with Crippen LogP contribution in [0.3, 0.4) is 0 Å². The zero-order chi connectivity index (χ0) is 16.0. The lowest BCUT2D eigenvalue weighted by Crippen LogP contribution is -2.29. The summed E-state index contributed by atoms with van der Waals surface area (Å²) in [4.78, 5) is 0. The van der Waals surface area contributed by atoms with Gasteiger partial charge in [-0.15, -0.1) is 0 Å². The molecule has 3 atom stereocenters. The Hall–Kier alpha value is -2.09. The summed E-state index contributed by atoms with van der Waals surface area (Å²) in [6.07, 6.45) is 5.72. The van der Waals surface area contributed by atoms with Crippen LogP contribution in [0.1, 0.15) is 54.8 Å². The number of fused-ring (bicyclic) bond motifs is 3. The summed E-state index contributed by atoms with van der Waals surface area (Å²) in [6, 6.07) is 14.0. The molecule has 0 spiro atoms. The van der Waals surface area contributed by atoms with E-state index in [4.69, 9.17) is 0 Å². The Kier molecular flexibility index (Phi) is 3.48. The molecule has 2 aliphatic rings. The van der Waals surface area contributed by atoms with Gasteiger partial charge in [0.2, 0.25) is 0 Å². The van der Waals surface area contributed by atoms with Crippen LogP contribution in [0.5, 0.6) is 0 Å². The molecule has 0 bridgehead atoms. The first-order chi connectivity index (χ1) is 11.1. The predicted octanol–water partition coefficient (Wildman–Crippen LogP) is 5.78. The number of nitrogens with one attached hydrogen (secondary N) is 1. The number of allylic oxidation sites excluding steroid dienone is 2. The van der Waals surface area contributed by atoms with Gasteiger partial charge in [-0.2, -0.15) is 0 Å². The van der Waals surface area contributed by atoms with Crippen LogP contribution in [0.25, 0.3) is 0 Å². The minimum Gasteiger partial charge on any atom is -0.378 e. The van der Waals surface area contributed by atoms with Crippen molar-refractivity contribution in [2.45, 2.75) is 38.1 Å². The molecule has 118 valence electrons. The predicted molar refractivity (Wildman–Crippen MR) is 93.3 cm³/mol. The Labute approximate surface area is 137 Å². The van der Waals surface area contributed by atoms with Gasteiger partial charge in [0, 0.05) is 11.6 Å². The van der Waals surface area contributed by atoms with Gasteiger partial charge in [0.05, 0.1) is 6.04 Å². The third-order valence-corrected chi connectivity index (χ3v) is 5.28. The third kappa shape index (κ3) is 2.46. The summed E-state index contributed by atoms with van der Waals surface area (Å²) < 4.78 is 13.2.